The Morgan fingerprint density at radius 2 is 2.33 bits per heavy atom. The second kappa shape index (κ2) is 6.70. The highest BCUT2D eigenvalue weighted by atomic mass is 16.5. The van der Waals surface area contributed by atoms with Crippen LogP contribution in [-0.2, 0) is 9.53 Å². The number of hydrogen-bond acceptors (Lipinski definition) is 7. The first-order valence-corrected chi connectivity index (χ1v) is 7.94. The van der Waals surface area contributed by atoms with E-state index in [1.807, 2.05) is 13.8 Å². The minimum atomic E-state index is -0.290. The molecule has 0 unspecified atom stereocenters. The molecule has 0 saturated carbocycles. The van der Waals surface area contributed by atoms with Gasteiger partial charge in [-0.2, -0.15) is 9.97 Å². The van der Waals surface area contributed by atoms with Crippen molar-refractivity contribution in [2.45, 2.75) is 39.5 Å². The zero-order chi connectivity index (χ0) is 17.3. The van der Waals surface area contributed by atoms with Crippen LogP contribution in [0, 0.1) is 5.92 Å². The second-order valence-electron chi connectivity index (χ2n) is 5.83. The van der Waals surface area contributed by atoms with Gasteiger partial charge in [0.05, 0.1) is 25.6 Å². The van der Waals surface area contributed by atoms with Gasteiger partial charge in [-0.1, -0.05) is 6.92 Å². The zero-order valence-corrected chi connectivity index (χ0v) is 13.9. The Kier molecular flexibility index (Phi) is 4.63. The third-order valence-electron chi connectivity index (χ3n) is 3.89. The van der Waals surface area contributed by atoms with Crippen molar-refractivity contribution in [1.29, 1.82) is 0 Å². The van der Waals surface area contributed by atoms with Crippen LogP contribution in [0.1, 0.15) is 33.4 Å². The maximum atomic E-state index is 11.3. The predicted octanol–water partition coefficient (Wildman–Crippen LogP) is 1.10. The van der Waals surface area contributed by atoms with E-state index in [2.05, 4.69) is 20.3 Å². The van der Waals surface area contributed by atoms with E-state index in [9.17, 15) is 9.90 Å². The van der Waals surface area contributed by atoms with Gasteiger partial charge < -0.3 is 14.6 Å². The Labute approximate surface area is 139 Å². The van der Waals surface area contributed by atoms with E-state index in [1.54, 1.807) is 10.9 Å². The minimum absolute atomic E-state index is 0.0240. The number of amides is 1. The average Bonchev–Trinajstić information content (AvgIpc) is 3.10. The van der Waals surface area contributed by atoms with Crippen LogP contribution in [0.3, 0.4) is 0 Å². The summed E-state index contributed by atoms with van der Waals surface area (Å²) in [6.45, 7) is 5.67. The van der Waals surface area contributed by atoms with Crippen LogP contribution < -0.4 is 10.1 Å². The minimum Gasteiger partial charge on any atom is -0.476 e. The Bertz CT molecular complexity index is 747. The molecule has 9 heteroatoms. The first-order chi connectivity index (χ1) is 11.5. The molecule has 1 amide bonds. The smallest absolute Gasteiger partial charge is 0.247 e. The summed E-state index contributed by atoms with van der Waals surface area (Å²) in [4.78, 5) is 24.3. The number of nitrogens with one attached hydrogen (secondary N) is 1. The second-order valence-corrected chi connectivity index (χ2v) is 5.83. The van der Waals surface area contributed by atoms with Crippen molar-refractivity contribution in [2.75, 3.05) is 18.5 Å². The number of carbonyl (C=O) groups is 1. The Balaban J connectivity index is 2.06. The molecule has 0 aromatic carbocycles. The highest BCUT2D eigenvalue weighted by Crippen LogP contribution is 2.36. The van der Waals surface area contributed by atoms with Gasteiger partial charge in [0.25, 0.3) is 0 Å². The number of imidazole rings is 1. The highest BCUT2D eigenvalue weighted by molar-refractivity contribution is 5.88. The fourth-order valence-electron chi connectivity index (χ4n) is 2.90. The monoisotopic (exact) mass is 335 g/mol. The standard InChI is InChI=1S/C15H21N5O4/c1-4-23-13-11-12(18-15(19-13)17-9(3)22)20(7-16-11)14-8(2)5-10(6-21)24-14/h7-8,10,14,21H,4-6H2,1-3H3,(H,17,18,19,22)/t8-,10-,14+/m0/s1. The molecule has 2 aromatic heterocycles. The zero-order valence-electron chi connectivity index (χ0n) is 13.9. The Morgan fingerprint density at radius 1 is 1.54 bits per heavy atom. The molecule has 9 nitrogen and oxygen atoms in total. The molecule has 1 saturated heterocycles. The lowest BCUT2D eigenvalue weighted by molar-refractivity contribution is -0.114. The molecule has 3 atom stereocenters. The van der Waals surface area contributed by atoms with Crippen LogP contribution in [0.25, 0.3) is 11.2 Å². The van der Waals surface area contributed by atoms with Gasteiger partial charge in [0.2, 0.25) is 17.7 Å². The molecule has 1 aliphatic rings. The van der Waals surface area contributed by atoms with Gasteiger partial charge in [0.1, 0.15) is 6.23 Å². The SMILES string of the molecule is CCOc1nc(NC(C)=O)nc2c1ncn2[C@@H]1O[C@H](CO)C[C@@H]1C. The molecular weight excluding hydrogens is 314 g/mol. The fourth-order valence-corrected chi connectivity index (χ4v) is 2.90. The van der Waals surface area contributed by atoms with Gasteiger partial charge in [-0.3, -0.25) is 14.7 Å². The number of rotatable bonds is 5. The number of ether oxygens (including phenoxy) is 2. The molecule has 0 bridgehead atoms. The normalized spacial score (nSPS) is 23.6. The van der Waals surface area contributed by atoms with Crippen molar-refractivity contribution in [3.8, 4) is 5.88 Å². The van der Waals surface area contributed by atoms with Crippen LogP contribution in [-0.4, -0.2) is 49.9 Å². The summed E-state index contributed by atoms with van der Waals surface area (Å²) < 4.78 is 13.2. The largest absolute Gasteiger partial charge is 0.476 e. The van der Waals surface area contributed by atoms with Gasteiger partial charge in [0, 0.05) is 12.8 Å². The molecule has 24 heavy (non-hydrogen) atoms. The van der Waals surface area contributed by atoms with Gasteiger partial charge >= 0.3 is 0 Å². The lowest BCUT2D eigenvalue weighted by atomic mass is 10.1. The van der Waals surface area contributed by atoms with Crippen molar-refractivity contribution in [3.05, 3.63) is 6.33 Å². The van der Waals surface area contributed by atoms with Crippen LogP contribution in [0.5, 0.6) is 5.88 Å². The van der Waals surface area contributed by atoms with E-state index in [0.717, 1.165) is 6.42 Å². The predicted molar refractivity (Wildman–Crippen MR) is 85.6 cm³/mol. The maximum Gasteiger partial charge on any atom is 0.247 e. The summed E-state index contributed by atoms with van der Waals surface area (Å²) in [5, 5.41) is 11.9. The van der Waals surface area contributed by atoms with Crippen LogP contribution in [0.4, 0.5) is 5.95 Å². The van der Waals surface area contributed by atoms with Gasteiger partial charge in [0.15, 0.2) is 11.2 Å². The van der Waals surface area contributed by atoms with Crippen LogP contribution in [0.15, 0.2) is 6.33 Å². The van der Waals surface area contributed by atoms with Crippen molar-refractivity contribution in [1.82, 2.24) is 19.5 Å². The summed E-state index contributed by atoms with van der Waals surface area (Å²) >= 11 is 0. The van der Waals surface area contributed by atoms with E-state index in [4.69, 9.17) is 9.47 Å². The number of aliphatic hydroxyl groups excluding tert-OH is 1. The quantitative estimate of drug-likeness (QED) is 0.841. The molecule has 0 radical (unpaired) electrons. The van der Waals surface area contributed by atoms with E-state index in [-0.39, 0.29) is 36.7 Å². The summed E-state index contributed by atoms with van der Waals surface area (Å²) in [5.74, 6) is 0.391. The van der Waals surface area contributed by atoms with Crippen LogP contribution >= 0.6 is 0 Å². The number of nitrogens with zero attached hydrogens (tertiary/aromatic N) is 4. The molecule has 1 fully saturated rings. The highest BCUT2D eigenvalue weighted by Gasteiger charge is 2.34. The lowest BCUT2D eigenvalue weighted by Gasteiger charge is -2.17. The molecule has 3 heterocycles. The fraction of sp³-hybridized carbons (Fsp3) is 0.600. The first kappa shape index (κ1) is 16.6. The summed E-state index contributed by atoms with van der Waals surface area (Å²) in [5.41, 5.74) is 1.03. The summed E-state index contributed by atoms with van der Waals surface area (Å²) in [6.07, 6.45) is 1.88. The lowest BCUT2D eigenvalue weighted by Crippen LogP contribution is -2.16. The van der Waals surface area contributed by atoms with Crippen LogP contribution in [0.2, 0.25) is 0 Å². The molecule has 0 spiro atoms. The summed E-state index contributed by atoms with van der Waals surface area (Å²) in [7, 11) is 0. The summed E-state index contributed by atoms with van der Waals surface area (Å²) in [6, 6.07) is 0. The first-order valence-electron chi connectivity index (χ1n) is 7.94. The third-order valence-corrected chi connectivity index (χ3v) is 3.89. The van der Waals surface area contributed by atoms with Crippen molar-refractivity contribution < 1.29 is 19.4 Å². The van der Waals surface area contributed by atoms with Crippen molar-refractivity contribution in [2.24, 2.45) is 5.92 Å². The Morgan fingerprint density at radius 3 is 2.96 bits per heavy atom. The molecule has 0 aliphatic carbocycles. The average molecular weight is 335 g/mol. The molecule has 2 N–H and O–H groups in total. The number of fused-ring (bicyclic) bond motifs is 1. The molecule has 1 aliphatic heterocycles. The van der Waals surface area contributed by atoms with Gasteiger partial charge in [-0.25, -0.2) is 4.98 Å². The number of aliphatic hydroxyl groups is 1. The molecule has 130 valence electrons. The van der Waals surface area contributed by atoms with E-state index in [0.29, 0.717) is 23.7 Å². The van der Waals surface area contributed by atoms with Gasteiger partial charge in [-0.05, 0) is 13.3 Å². The molecule has 3 rings (SSSR count). The third kappa shape index (κ3) is 3.04. The van der Waals surface area contributed by atoms with Gasteiger partial charge in [-0.15, -0.1) is 0 Å². The molecule has 2 aromatic rings. The van der Waals surface area contributed by atoms with E-state index < -0.39 is 0 Å². The van der Waals surface area contributed by atoms with E-state index >= 15 is 0 Å². The molecular formula is C15H21N5O4. The number of anilines is 1. The number of hydrogen-bond donors (Lipinski definition) is 2. The van der Waals surface area contributed by atoms with E-state index in [1.165, 1.54) is 6.92 Å². The van der Waals surface area contributed by atoms with Crippen molar-refractivity contribution in [3.63, 3.8) is 0 Å². The Hall–Kier alpha value is -2.26. The topological polar surface area (TPSA) is 111 Å². The number of carbonyl (C=O) groups excluding carboxylic acids is 1. The number of aromatic nitrogens is 4. The maximum absolute atomic E-state index is 11.3. The van der Waals surface area contributed by atoms with Crippen molar-refractivity contribution >= 4 is 23.0 Å².